The Morgan fingerprint density at radius 1 is 1.35 bits per heavy atom. The van der Waals surface area contributed by atoms with Crippen molar-refractivity contribution in [1.29, 1.82) is 0 Å². The molecule has 0 aliphatic heterocycles. The standard InChI is InChI=1S/C12H13ClN4O2.ClH/c13-9-3-1-8(2-4-9)5-10-16-12(19-17-10)7-15-11(18)6-14;/h1-4H,5-7,14H2,(H,15,18);1H. The molecule has 0 saturated heterocycles. The Labute approximate surface area is 127 Å². The second-order valence-electron chi connectivity index (χ2n) is 3.89. The lowest BCUT2D eigenvalue weighted by Crippen LogP contribution is -2.29. The predicted molar refractivity (Wildman–Crippen MR) is 76.7 cm³/mol. The monoisotopic (exact) mass is 316 g/mol. The Bertz CT molecular complexity index is 557. The summed E-state index contributed by atoms with van der Waals surface area (Å²) in [7, 11) is 0. The summed E-state index contributed by atoms with van der Waals surface area (Å²) < 4.78 is 5.01. The summed E-state index contributed by atoms with van der Waals surface area (Å²) in [5.74, 6) is 0.641. The zero-order valence-electron chi connectivity index (χ0n) is 10.5. The molecule has 0 saturated carbocycles. The summed E-state index contributed by atoms with van der Waals surface area (Å²) in [5, 5.41) is 7.07. The van der Waals surface area contributed by atoms with E-state index in [-0.39, 0.29) is 31.4 Å². The van der Waals surface area contributed by atoms with Gasteiger partial charge in [-0.05, 0) is 17.7 Å². The second kappa shape index (κ2) is 7.84. The molecule has 0 atom stereocenters. The molecular weight excluding hydrogens is 303 g/mol. The topological polar surface area (TPSA) is 94.0 Å². The number of benzene rings is 1. The van der Waals surface area contributed by atoms with Crippen LogP contribution in [0.1, 0.15) is 17.3 Å². The highest BCUT2D eigenvalue weighted by atomic mass is 35.5. The van der Waals surface area contributed by atoms with Gasteiger partial charge in [0.15, 0.2) is 5.82 Å². The van der Waals surface area contributed by atoms with E-state index in [2.05, 4.69) is 15.5 Å². The van der Waals surface area contributed by atoms with Gasteiger partial charge in [0, 0.05) is 11.4 Å². The van der Waals surface area contributed by atoms with Crippen LogP contribution < -0.4 is 11.1 Å². The van der Waals surface area contributed by atoms with Gasteiger partial charge in [0.1, 0.15) is 0 Å². The molecule has 8 heteroatoms. The van der Waals surface area contributed by atoms with Crippen molar-refractivity contribution in [2.24, 2.45) is 5.73 Å². The largest absolute Gasteiger partial charge is 0.346 e. The zero-order chi connectivity index (χ0) is 13.7. The second-order valence-corrected chi connectivity index (χ2v) is 4.32. The molecule has 2 rings (SSSR count). The number of hydrogen-bond donors (Lipinski definition) is 2. The van der Waals surface area contributed by atoms with Gasteiger partial charge in [-0.25, -0.2) is 0 Å². The van der Waals surface area contributed by atoms with Crippen LogP contribution in [0.2, 0.25) is 5.02 Å². The van der Waals surface area contributed by atoms with Gasteiger partial charge in [0.2, 0.25) is 11.8 Å². The molecule has 0 unspecified atom stereocenters. The summed E-state index contributed by atoms with van der Waals surface area (Å²) in [6.07, 6.45) is 0.547. The molecule has 1 aromatic carbocycles. The fourth-order valence-corrected chi connectivity index (χ4v) is 1.59. The minimum atomic E-state index is -0.266. The maximum atomic E-state index is 11.0. The van der Waals surface area contributed by atoms with Gasteiger partial charge in [-0.2, -0.15) is 4.98 Å². The first-order valence-electron chi connectivity index (χ1n) is 5.70. The van der Waals surface area contributed by atoms with E-state index < -0.39 is 0 Å². The number of halogens is 2. The van der Waals surface area contributed by atoms with Crippen molar-refractivity contribution in [3.8, 4) is 0 Å². The number of aromatic nitrogens is 2. The number of amides is 1. The number of nitrogens with one attached hydrogen (secondary N) is 1. The normalized spacial score (nSPS) is 9.90. The van der Waals surface area contributed by atoms with Crippen molar-refractivity contribution in [3.63, 3.8) is 0 Å². The van der Waals surface area contributed by atoms with Gasteiger partial charge in [0.05, 0.1) is 13.1 Å². The quantitative estimate of drug-likeness (QED) is 0.867. The van der Waals surface area contributed by atoms with E-state index in [4.69, 9.17) is 21.9 Å². The summed E-state index contributed by atoms with van der Waals surface area (Å²) in [6, 6.07) is 7.40. The molecule has 0 aliphatic carbocycles. The molecule has 0 bridgehead atoms. The van der Waals surface area contributed by atoms with Crippen LogP contribution in [0.25, 0.3) is 0 Å². The molecule has 6 nitrogen and oxygen atoms in total. The van der Waals surface area contributed by atoms with Gasteiger partial charge in [0.25, 0.3) is 0 Å². The lowest BCUT2D eigenvalue weighted by atomic mass is 10.1. The summed E-state index contributed by atoms with van der Waals surface area (Å²) in [5.41, 5.74) is 6.20. The van der Waals surface area contributed by atoms with E-state index in [0.29, 0.717) is 23.2 Å². The average molecular weight is 317 g/mol. The third-order valence-electron chi connectivity index (χ3n) is 2.41. The maximum Gasteiger partial charge on any atom is 0.246 e. The van der Waals surface area contributed by atoms with Crippen LogP contribution in [0.4, 0.5) is 0 Å². The molecule has 0 radical (unpaired) electrons. The van der Waals surface area contributed by atoms with Gasteiger partial charge >= 0.3 is 0 Å². The highest BCUT2D eigenvalue weighted by Crippen LogP contribution is 2.12. The van der Waals surface area contributed by atoms with E-state index in [0.717, 1.165) is 5.56 Å². The summed E-state index contributed by atoms with van der Waals surface area (Å²) in [4.78, 5) is 15.1. The lowest BCUT2D eigenvalue weighted by molar-refractivity contribution is -0.120. The third-order valence-corrected chi connectivity index (χ3v) is 2.66. The number of nitrogens with zero attached hydrogens (tertiary/aromatic N) is 2. The molecule has 1 heterocycles. The van der Waals surface area contributed by atoms with Crippen molar-refractivity contribution < 1.29 is 9.32 Å². The minimum Gasteiger partial charge on any atom is -0.346 e. The first-order chi connectivity index (χ1) is 9.17. The number of rotatable bonds is 5. The maximum absolute atomic E-state index is 11.0. The molecule has 1 amide bonds. The van der Waals surface area contributed by atoms with Crippen molar-refractivity contribution in [3.05, 3.63) is 46.6 Å². The first-order valence-corrected chi connectivity index (χ1v) is 6.08. The molecular formula is C12H14Cl2N4O2. The fourth-order valence-electron chi connectivity index (χ4n) is 1.46. The van der Waals surface area contributed by atoms with Gasteiger partial charge in [-0.15, -0.1) is 12.4 Å². The smallest absolute Gasteiger partial charge is 0.246 e. The van der Waals surface area contributed by atoms with E-state index in [1.165, 1.54) is 0 Å². The molecule has 1 aromatic heterocycles. The van der Waals surface area contributed by atoms with E-state index in [9.17, 15) is 4.79 Å². The molecule has 108 valence electrons. The van der Waals surface area contributed by atoms with Gasteiger partial charge in [-0.1, -0.05) is 28.9 Å². The number of hydrogen-bond acceptors (Lipinski definition) is 5. The Hall–Kier alpha value is -1.63. The highest BCUT2D eigenvalue weighted by Gasteiger charge is 2.08. The number of carbonyl (C=O) groups is 1. The van der Waals surface area contributed by atoms with Crippen LogP contribution in [0.5, 0.6) is 0 Å². The predicted octanol–water partition coefficient (Wildman–Crippen LogP) is 1.31. The Balaban J connectivity index is 0.00000200. The Kier molecular flexibility index (Phi) is 6.44. The fraction of sp³-hybridized carbons (Fsp3) is 0.250. The molecule has 20 heavy (non-hydrogen) atoms. The minimum absolute atomic E-state index is 0. The van der Waals surface area contributed by atoms with Crippen molar-refractivity contribution in [2.45, 2.75) is 13.0 Å². The van der Waals surface area contributed by atoms with Crippen LogP contribution in [0, 0.1) is 0 Å². The van der Waals surface area contributed by atoms with E-state index in [1.54, 1.807) is 12.1 Å². The summed E-state index contributed by atoms with van der Waals surface area (Å²) >= 11 is 5.80. The number of nitrogens with two attached hydrogens (primary N) is 1. The third kappa shape index (κ3) is 4.80. The first kappa shape index (κ1) is 16.4. The number of carbonyl (C=O) groups excluding carboxylic acids is 1. The Morgan fingerprint density at radius 2 is 2.05 bits per heavy atom. The van der Waals surface area contributed by atoms with Crippen molar-refractivity contribution >= 4 is 29.9 Å². The van der Waals surface area contributed by atoms with Crippen LogP contribution in [-0.2, 0) is 17.8 Å². The van der Waals surface area contributed by atoms with Gasteiger partial charge in [-0.3, -0.25) is 4.79 Å². The molecule has 2 aromatic rings. The lowest BCUT2D eigenvalue weighted by Gasteiger charge is -1.97. The van der Waals surface area contributed by atoms with Crippen LogP contribution in [0.3, 0.4) is 0 Å². The molecule has 3 N–H and O–H groups in total. The van der Waals surface area contributed by atoms with Crippen LogP contribution in [0.15, 0.2) is 28.8 Å². The molecule has 0 fully saturated rings. The zero-order valence-corrected chi connectivity index (χ0v) is 12.1. The van der Waals surface area contributed by atoms with Crippen LogP contribution in [-0.4, -0.2) is 22.6 Å². The molecule has 0 spiro atoms. The highest BCUT2D eigenvalue weighted by molar-refractivity contribution is 6.30. The van der Waals surface area contributed by atoms with Gasteiger partial charge < -0.3 is 15.6 Å². The van der Waals surface area contributed by atoms with E-state index >= 15 is 0 Å². The molecule has 0 aliphatic rings. The van der Waals surface area contributed by atoms with Crippen molar-refractivity contribution in [2.75, 3.05) is 6.54 Å². The van der Waals surface area contributed by atoms with E-state index in [1.807, 2.05) is 12.1 Å². The average Bonchev–Trinajstić information content (AvgIpc) is 2.86. The van der Waals surface area contributed by atoms with Crippen LogP contribution >= 0.6 is 24.0 Å². The van der Waals surface area contributed by atoms with Crippen molar-refractivity contribution in [1.82, 2.24) is 15.5 Å². The summed E-state index contributed by atoms with van der Waals surface area (Å²) in [6.45, 7) is 0.120. The Morgan fingerprint density at radius 3 is 2.70 bits per heavy atom. The SMILES string of the molecule is Cl.NCC(=O)NCc1nc(Cc2ccc(Cl)cc2)no1.